The van der Waals surface area contributed by atoms with Crippen LogP contribution in [0, 0.1) is 13.8 Å². The highest BCUT2D eigenvalue weighted by molar-refractivity contribution is 7.98. The monoisotopic (exact) mass is 359 g/mol. The maximum Gasteiger partial charge on any atom is 0.252 e. The zero-order valence-corrected chi connectivity index (χ0v) is 15.1. The summed E-state index contributed by atoms with van der Waals surface area (Å²) in [6.45, 7) is 3.79. The molecule has 6 nitrogen and oxygen atoms in total. The molecule has 1 aromatic carbocycles. The molecule has 0 atom stereocenters. The molecule has 0 bridgehead atoms. The highest BCUT2D eigenvalue weighted by Gasteiger charge is 2.23. The zero-order chi connectivity index (χ0) is 17.8. The molecule has 1 aromatic heterocycles. The Bertz CT molecular complexity index is 764. The average Bonchev–Trinajstić information content (AvgIpc) is 3.36. The summed E-state index contributed by atoms with van der Waals surface area (Å²) in [7, 11) is 0. The topological polar surface area (TPSA) is 84.2 Å². The smallest absolute Gasteiger partial charge is 0.252 e. The van der Waals surface area contributed by atoms with Crippen LogP contribution in [0.5, 0.6) is 0 Å². The van der Waals surface area contributed by atoms with Crippen molar-refractivity contribution in [1.29, 1.82) is 0 Å². The number of benzene rings is 1. The van der Waals surface area contributed by atoms with Gasteiger partial charge < -0.3 is 15.2 Å². The van der Waals surface area contributed by atoms with Crippen molar-refractivity contribution in [3.63, 3.8) is 0 Å². The first-order valence-electron chi connectivity index (χ1n) is 8.25. The lowest BCUT2D eigenvalue weighted by Gasteiger charge is -2.10. The van der Waals surface area contributed by atoms with E-state index in [9.17, 15) is 9.59 Å². The van der Waals surface area contributed by atoms with Crippen molar-refractivity contribution in [2.45, 2.75) is 43.4 Å². The zero-order valence-electron chi connectivity index (χ0n) is 14.3. The molecule has 0 radical (unpaired) electrons. The van der Waals surface area contributed by atoms with E-state index < -0.39 is 0 Å². The molecule has 25 heavy (non-hydrogen) atoms. The maximum absolute atomic E-state index is 12.4. The molecule has 0 unspecified atom stereocenters. The molecule has 0 spiro atoms. The van der Waals surface area contributed by atoms with Crippen LogP contribution in [0.15, 0.2) is 33.7 Å². The molecule has 0 saturated heterocycles. The summed E-state index contributed by atoms with van der Waals surface area (Å²) in [5.41, 5.74) is 2.48. The Hall–Kier alpha value is -2.28. The fourth-order valence-electron chi connectivity index (χ4n) is 2.40. The van der Waals surface area contributed by atoms with Gasteiger partial charge in [-0.3, -0.25) is 9.59 Å². The van der Waals surface area contributed by atoms with Crippen LogP contribution in [0.4, 0.5) is 0 Å². The van der Waals surface area contributed by atoms with E-state index in [1.54, 1.807) is 17.8 Å². The maximum atomic E-state index is 12.4. The number of hydrogen-bond donors (Lipinski definition) is 2. The van der Waals surface area contributed by atoms with Gasteiger partial charge in [-0.15, -0.1) is 11.8 Å². The Balaban J connectivity index is 1.61. The SMILES string of the molecule is Cc1noc(C)c1CSc1ccccc1C(=O)NCC(=O)NC1CC1. The molecule has 3 rings (SSSR count). The lowest BCUT2D eigenvalue weighted by atomic mass is 10.2. The van der Waals surface area contributed by atoms with Gasteiger partial charge in [0.05, 0.1) is 17.8 Å². The second-order valence-electron chi connectivity index (χ2n) is 6.11. The number of hydrogen-bond acceptors (Lipinski definition) is 5. The summed E-state index contributed by atoms with van der Waals surface area (Å²) in [5, 5.41) is 9.50. The Kier molecular flexibility index (Phi) is 5.43. The Morgan fingerprint density at radius 2 is 2.04 bits per heavy atom. The van der Waals surface area contributed by atoms with Gasteiger partial charge in [0.2, 0.25) is 5.91 Å². The van der Waals surface area contributed by atoms with Gasteiger partial charge in [-0.25, -0.2) is 0 Å². The minimum atomic E-state index is -0.243. The molecule has 0 aliphatic heterocycles. The van der Waals surface area contributed by atoms with Crippen molar-refractivity contribution < 1.29 is 14.1 Å². The van der Waals surface area contributed by atoms with Crippen molar-refractivity contribution in [3.8, 4) is 0 Å². The molecule has 1 saturated carbocycles. The predicted octanol–water partition coefficient (Wildman–Crippen LogP) is 2.59. The Morgan fingerprint density at radius 3 is 2.72 bits per heavy atom. The number of aromatic nitrogens is 1. The molecule has 1 heterocycles. The van der Waals surface area contributed by atoms with Crippen LogP contribution in [0.25, 0.3) is 0 Å². The number of rotatable bonds is 7. The fourth-order valence-corrected chi connectivity index (χ4v) is 3.60. The highest BCUT2D eigenvalue weighted by atomic mass is 32.2. The number of nitrogens with zero attached hydrogens (tertiary/aromatic N) is 1. The van der Waals surface area contributed by atoms with E-state index in [0.29, 0.717) is 17.4 Å². The molecule has 2 aromatic rings. The average molecular weight is 359 g/mol. The normalized spacial score (nSPS) is 13.5. The van der Waals surface area contributed by atoms with Gasteiger partial charge >= 0.3 is 0 Å². The summed E-state index contributed by atoms with van der Waals surface area (Å²) >= 11 is 1.55. The molecule has 7 heteroatoms. The van der Waals surface area contributed by atoms with E-state index >= 15 is 0 Å². The van der Waals surface area contributed by atoms with Crippen LogP contribution < -0.4 is 10.6 Å². The van der Waals surface area contributed by atoms with Crippen molar-refractivity contribution in [3.05, 3.63) is 46.8 Å². The number of carbonyl (C=O) groups is 2. The van der Waals surface area contributed by atoms with Gasteiger partial charge in [0.25, 0.3) is 5.91 Å². The van der Waals surface area contributed by atoms with Crippen LogP contribution in [-0.4, -0.2) is 29.6 Å². The molecule has 132 valence electrons. The van der Waals surface area contributed by atoms with Crippen molar-refractivity contribution >= 4 is 23.6 Å². The second kappa shape index (κ2) is 7.74. The fraction of sp³-hybridized carbons (Fsp3) is 0.389. The lowest BCUT2D eigenvalue weighted by Crippen LogP contribution is -2.37. The summed E-state index contributed by atoms with van der Waals surface area (Å²) in [6, 6.07) is 7.68. The summed E-state index contributed by atoms with van der Waals surface area (Å²) < 4.78 is 5.18. The van der Waals surface area contributed by atoms with Crippen LogP contribution in [0.1, 0.15) is 40.2 Å². The van der Waals surface area contributed by atoms with Gasteiger partial charge in [-0.2, -0.15) is 0 Å². The number of amides is 2. The molecule has 2 N–H and O–H groups in total. The van der Waals surface area contributed by atoms with Crippen LogP contribution >= 0.6 is 11.8 Å². The Labute approximate surface area is 150 Å². The number of nitrogens with one attached hydrogen (secondary N) is 2. The molecule has 1 aliphatic carbocycles. The standard InChI is InChI=1S/C18H21N3O3S/c1-11-15(12(2)24-21-11)10-25-16-6-4-3-5-14(16)18(23)19-9-17(22)20-13-7-8-13/h3-6,13H,7-10H2,1-2H3,(H,19,23)(H,20,22). The van der Waals surface area contributed by atoms with Crippen molar-refractivity contribution in [1.82, 2.24) is 15.8 Å². The van der Waals surface area contributed by atoms with Crippen molar-refractivity contribution in [2.24, 2.45) is 0 Å². The first-order chi connectivity index (χ1) is 12.0. The van der Waals surface area contributed by atoms with Gasteiger partial charge in [0.15, 0.2) is 0 Å². The van der Waals surface area contributed by atoms with E-state index in [2.05, 4.69) is 15.8 Å². The third-order valence-electron chi connectivity index (χ3n) is 4.04. The van der Waals surface area contributed by atoms with E-state index in [-0.39, 0.29) is 18.4 Å². The first-order valence-corrected chi connectivity index (χ1v) is 9.24. The summed E-state index contributed by atoms with van der Waals surface area (Å²) in [4.78, 5) is 25.0. The quantitative estimate of drug-likeness (QED) is 0.743. The van der Waals surface area contributed by atoms with Crippen LogP contribution in [0.2, 0.25) is 0 Å². The molecule has 2 amide bonds. The highest BCUT2D eigenvalue weighted by Crippen LogP contribution is 2.28. The Morgan fingerprint density at radius 1 is 1.28 bits per heavy atom. The first kappa shape index (κ1) is 17.5. The molecule has 1 fully saturated rings. The van der Waals surface area contributed by atoms with Crippen molar-refractivity contribution in [2.75, 3.05) is 6.54 Å². The van der Waals surface area contributed by atoms with Gasteiger partial charge in [-0.1, -0.05) is 17.3 Å². The molecule has 1 aliphatic rings. The molecular formula is C18H21N3O3S. The van der Waals surface area contributed by atoms with E-state index in [1.165, 1.54) is 0 Å². The van der Waals surface area contributed by atoms with Gasteiger partial charge in [0.1, 0.15) is 5.76 Å². The third kappa shape index (κ3) is 4.63. The van der Waals surface area contributed by atoms with Crippen LogP contribution in [-0.2, 0) is 10.5 Å². The van der Waals surface area contributed by atoms with E-state index in [1.807, 2.05) is 32.0 Å². The third-order valence-corrected chi connectivity index (χ3v) is 5.14. The number of thioether (sulfide) groups is 1. The number of aryl methyl sites for hydroxylation is 2. The minimum absolute atomic E-state index is 0.00178. The van der Waals surface area contributed by atoms with E-state index in [4.69, 9.17) is 4.52 Å². The summed E-state index contributed by atoms with van der Waals surface area (Å²) in [6.07, 6.45) is 2.06. The summed E-state index contributed by atoms with van der Waals surface area (Å²) in [5.74, 6) is 1.08. The lowest BCUT2D eigenvalue weighted by molar-refractivity contribution is -0.120. The van der Waals surface area contributed by atoms with Gasteiger partial charge in [0, 0.05) is 22.3 Å². The minimum Gasteiger partial charge on any atom is -0.361 e. The molecular weight excluding hydrogens is 338 g/mol. The predicted molar refractivity (Wildman–Crippen MR) is 95.5 cm³/mol. The number of carbonyl (C=O) groups excluding carboxylic acids is 2. The largest absolute Gasteiger partial charge is 0.361 e. The van der Waals surface area contributed by atoms with Crippen LogP contribution in [0.3, 0.4) is 0 Å². The van der Waals surface area contributed by atoms with Gasteiger partial charge in [-0.05, 0) is 38.8 Å². The van der Waals surface area contributed by atoms with E-state index in [0.717, 1.165) is 34.8 Å². The second-order valence-corrected chi connectivity index (χ2v) is 7.13.